The molecule has 1 aromatic carbocycles. The number of hydrogen-bond donors (Lipinski definition) is 1. The summed E-state index contributed by atoms with van der Waals surface area (Å²) in [6.07, 6.45) is 2.78. The monoisotopic (exact) mass is 333 g/mol. The number of hydrogen-bond acceptors (Lipinski definition) is 4. The second kappa shape index (κ2) is 5.89. The minimum Gasteiger partial charge on any atom is -0.493 e. The minimum atomic E-state index is 0.727. The molecule has 0 aliphatic carbocycles. The minimum absolute atomic E-state index is 0.727. The maximum absolute atomic E-state index is 5.72. The molecule has 1 N–H and O–H groups in total. The smallest absolute Gasteiger partial charge is 0.127 e. The number of nitrogens with zero attached hydrogens (tertiary/aromatic N) is 2. The maximum Gasteiger partial charge on any atom is 0.127 e. The fourth-order valence-electron chi connectivity index (χ4n) is 2.41. The van der Waals surface area contributed by atoms with Gasteiger partial charge in [0.25, 0.3) is 0 Å². The first-order chi connectivity index (χ1) is 9.72. The summed E-state index contributed by atoms with van der Waals surface area (Å²) in [5.41, 5.74) is 3.48. The largest absolute Gasteiger partial charge is 0.493 e. The van der Waals surface area contributed by atoms with E-state index in [1.807, 2.05) is 13.0 Å². The zero-order valence-electron chi connectivity index (χ0n) is 11.3. The Balaban J connectivity index is 1.67. The van der Waals surface area contributed by atoms with Crippen molar-refractivity contribution < 1.29 is 4.74 Å². The molecule has 20 heavy (non-hydrogen) atoms. The topological polar surface area (TPSA) is 47.0 Å². The number of aryl methyl sites for hydroxylation is 1. The molecule has 2 aromatic rings. The first kappa shape index (κ1) is 13.5. The molecular weight excluding hydrogens is 318 g/mol. The Kier molecular flexibility index (Phi) is 3.98. The Morgan fingerprint density at radius 3 is 3.10 bits per heavy atom. The van der Waals surface area contributed by atoms with Crippen molar-refractivity contribution in [2.75, 3.05) is 6.61 Å². The van der Waals surface area contributed by atoms with Crippen LogP contribution in [-0.2, 0) is 19.5 Å². The van der Waals surface area contributed by atoms with Crippen molar-refractivity contribution in [2.24, 2.45) is 0 Å². The van der Waals surface area contributed by atoms with Gasteiger partial charge in [-0.1, -0.05) is 15.9 Å². The van der Waals surface area contributed by atoms with Gasteiger partial charge in [-0.25, -0.2) is 9.97 Å². The van der Waals surface area contributed by atoms with Gasteiger partial charge in [-0.2, -0.15) is 0 Å². The molecule has 0 bridgehead atoms. The van der Waals surface area contributed by atoms with Gasteiger partial charge in [0.05, 0.1) is 12.3 Å². The third-order valence-corrected chi connectivity index (χ3v) is 3.74. The second-order valence-electron chi connectivity index (χ2n) is 4.85. The number of rotatable bonds is 4. The number of nitrogens with one attached hydrogen (secondary N) is 1. The number of fused-ring (bicyclic) bond motifs is 1. The number of aromatic nitrogens is 2. The summed E-state index contributed by atoms with van der Waals surface area (Å²) in [5.74, 6) is 1.84. The molecule has 0 atom stereocenters. The molecule has 3 rings (SSSR count). The van der Waals surface area contributed by atoms with E-state index in [2.05, 4.69) is 43.3 Å². The van der Waals surface area contributed by atoms with Crippen LogP contribution in [0, 0.1) is 6.92 Å². The zero-order valence-corrected chi connectivity index (χ0v) is 12.9. The van der Waals surface area contributed by atoms with E-state index in [0.29, 0.717) is 0 Å². The fourth-order valence-corrected chi connectivity index (χ4v) is 2.96. The third kappa shape index (κ3) is 2.99. The number of ether oxygens (including phenoxy) is 1. The highest BCUT2D eigenvalue weighted by atomic mass is 79.9. The molecule has 0 saturated heterocycles. The van der Waals surface area contributed by atoms with E-state index in [1.165, 1.54) is 11.1 Å². The van der Waals surface area contributed by atoms with Gasteiger partial charge in [-0.15, -0.1) is 0 Å². The summed E-state index contributed by atoms with van der Waals surface area (Å²) in [4.78, 5) is 8.48. The van der Waals surface area contributed by atoms with Crippen LogP contribution in [0.3, 0.4) is 0 Å². The fraction of sp³-hybridized carbons (Fsp3) is 0.333. The van der Waals surface area contributed by atoms with Crippen molar-refractivity contribution in [2.45, 2.75) is 26.4 Å². The van der Waals surface area contributed by atoms with E-state index in [0.717, 1.165) is 47.9 Å². The quantitative estimate of drug-likeness (QED) is 0.934. The van der Waals surface area contributed by atoms with E-state index >= 15 is 0 Å². The van der Waals surface area contributed by atoms with Crippen LogP contribution in [-0.4, -0.2) is 16.6 Å². The summed E-state index contributed by atoms with van der Waals surface area (Å²) in [6, 6.07) is 6.18. The summed E-state index contributed by atoms with van der Waals surface area (Å²) >= 11 is 3.56. The lowest BCUT2D eigenvalue weighted by molar-refractivity contribution is 0.352. The van der Waals surface area contributed by atoms with Gasteiger partial charge in [0.15, 0.2) is 0 Å². The average molecular weight is 334 g/mol. The molecule has 0 unspecified atom stereocenters. The number of halogens is 1. The van der Waals surface area contributed by atoms with Gasteiger partial charge in [0, 0.05) is 35.7 Å². The molecule has 2 heterocycles. The number of benzene rings is 1. The first-order valence-electron chi connectivity index (χ1n) is 6.66. The van der Waals surface area contributed by atoms with E-state index < -0.39 is 0 Å². The van der Waals surface area contributed by atoms with Gasteiger partial charge in [0.2, 0.25) is 0 Å². The van der Waals surface area contributed by atoms with Gasteiger partial charge in [0.1, 0.15) is 11.6 Å². The molecule has 104 valence electrons. The highest BCUT2D eigenvalue weighted by Crippen LogP contribution is 2.32. The van der Waals surface area contributed by atoms with E-state index in [4.69, 9.17) is 4.74 Å². The Morgan fingerprint density at radius 1 is 1.35 bits per heavy atom. The standard InChI is InChI=1S/C15H16BrN3O/c1-10-18-4-2-14(19-10)9-17-8-12-7-13(16)6-11-3-5-20-15(11)12/h2,4,6-7,17H,3,5,8-9H2,1H3. The van der Waals surface area contributed by atoms with Crippen LogP contribution in [0.15, 0.2) is 28.9 Å². The molecule has 0 amide bonds. The summed E-state index contributed by atoms with van der Waals surface area (Å²) in [7, 11) is 0. The average Bonchev–Trinajstić information content (AvgIpc) is 2.87. The van der Waals surface area contributed by atoms with Gasteiger partial charge in [-0.05, 0) is 30.7 Å². The summed E-state index contributed by atoms with van der Waals surface area (Å²) < 4.78 is 6.83. The molecule has 0 fully saturated rings. The van der Waals surface area contributed by atoms with Gasteiger partial charge >= 0.3 is 0 Å². The Labute approximate surface area is 126 Å². The SMILES string of the molecule is Cc1nccc(CNCc2cc(Br)cc3c2OCC3)n1. The van der Waals surface area contributed by atoms with Crippen LogP contribution in [0.1, 0.15) is 22.6 Å². The van der Waals surface area contributed by atoms with E-state index in [1.54, 1.807) is 6.20 Å². The van der Waals surface area contributed by atoms with Crippen molar-refractivity contribution in [3.8, 4) is 5.75 Å². The first-order valence-corrected chi connectivity index (χ1v) is 7.45. The molecule has 4 nitrogen and oxygen atoms in total. The van der Waals surface area contributed by atoms with Crippen LogP contribution < -0.4 is 10.1 Å². The molecule has 1 aromatic heterocycles. The van der Waals surface area contributed by atoms with Crippen LogP contribution in [0.4, 0.5) is 0 Å². The molecule has 5 heteroatoms. The zero-order chi connectivity index (χ0) is 13.9. The summed E-state index contributed by atoms with van der Waals surface area (Å²) in [5, 5.41) is 3.41. The van der Waals surface area contributed by atoms with Crippen LogP contribution >= 0.6 is 15.9 Å². The molecule has 0 spiro atoms. The normalized spacial score (nSPS) is 13.1. The van der Waals surface area contributed by atoms with Crippen molar-refractivity contribution in [1.29, 1.82) is 0 Å². The van der Waals surface area contributed by atoms with Crippen molar-refractivity contribution in [3.63, 3.8) is 0 Å². The molecule has 0 saturated carbocycles. The molecule has 1 aliphatic heterocycles. The lowest BCUT2D eigenvalue weighted by Gasteiger charge is -2.10. The Hall–Kier alpha value is -1.46. The van der Waals surface area contributed by atoms with Crippen LogP contribution in [0.25, 0.3) is 0 Å². The lowest BCUT2D eigenvalue weighted by Crippen LogP contribution is -2.14. The highest BCUT2D eigenvalue weighted by molar-refractivity contribution is 9.10. The van der Waals surface area contributed by atoms with Crippen LogP contribution in [0.2, 0.25) is 0 Å². The highest BCUT2D eigenvalue weighted by Gasteiger charge is 2.17. The van der Waals surface area contributed by atoms with Crippen molar-refractivity contribution >= 4 is 15.9 Å². The third-order valence-electron chi connectivity index (χ3n) is 3.28. The van der Waals surface area contributed by atoms with Gasteiger partial charge in [-0.3, -0.25) is 0 Å². The second-order valence-corrected chi connectivity index (χ2v) is 5.77. The molecule has 0 radical (unpaired) electrons. The predicted molar refractivity (Wildman–Crippen MR) is 80.7 cm³/mol. The van der Waals surface area contributed by atoms with E-state index in [-0.39, 0.29) is 0 Å². The van der Waals surface area contributed by atoms with Crippen molar-refractivity contribution in [1.82, 2.24) is 15.3 Å². The van der Waals surface area contributed by atoms with Gasteiger partial charge < -0.3 is 10.1 Å². The summed E-state index contributed by atoms with van der Waals surface area (Å²) in [6.45, 7) is 4.18. The van der Waals surface area contributed by atoms with E-state index in [9.17, 15) is 0 Å². The van der Waals surface area contributed by atoms with Crippen molar-refractivity contribution in [3.05, 3.63) is 51.5 Å². The Morgan fingerprint density at radius 2 is 2.25 bits per heavy atom. The lowest BCUT2D eigenvalue weighted by atomic mass is 10.1. The predicted octanol–water partition coefficient (Wildman–Crippen LogP) is 2.77. The maximum atomic E-state index is 5.72. The molecular formula is C15H16BrN3O. The van der Waals surface area contributed by atoms with Crippen LogP contribution in [0.5, 0.6) is 5.75 Å². The molecule has 1 aliphatic rings. The Bertz CT molecular complexity index is 631.